The van der Waals surface area contributed by atoms with Crippen LogP contribution in [0.5, 0.6) is 0 Å². The van der Waals surface area contributed by atoms with E-state index in [1.807, 2.05) is 18.2 Å². The second kappa shape index (κ2) is 6.46. The highest BCUT2D eigenvalue weighted by Crippen LogP contribution is 2.37. The van der Waals surface area contributed by atoms with E-state index in [1.54, 1.807) is 11.3 Å². The zero-order valence-corrected chi connectivity index (χ0v) is 14.0. The van der Waals surface area contributed by atoms with Crippen LogP contribution in [0.1, 0.15) is 59.1 Å². The number of carbonyl (C=O) groups excluding carboxylic acids is 1. The van der Waals surface area contributed by atoms with E-state index in [9.17, 15) is 4.79 Å². The first kappa shape index (κ1) is 14.9. The Balaban J connectivity index is 1.61. The molecule has 0 bridgehead atoms. The summed E-state index contributed by atoms with van der Waals surface area (Å²) in [7, 11) is 0. The summed E-state index contributed by atoms with van der Waals surface area (Å²) in [6.07, 6.45) is 6.07. The zero-order chi connectivity index (χ0) is 15.6. The van der Waals surface area contributed by atoms with Crippen molar-refractivity contribution in [2.75, 3.05) is 0 Å². The van der Waals surface area contributed by atoms with Gasteiger partial charge in [0.25, 0.3) is 5.91 Å². The summed E-state index contributed by atoms with van der Waals surface area (Å²) in [4.78, 5) is 16.4. The summed E-state index contributed by atoms with van der Waals surface area (Å²) in [5, 5.41) is 5.73. The number of carbonyl (C=O) groups is 1. The van der Waals surface area contributed by atoms with Gasteiger partial charge in [0.15, 0.2) is 0 Å². The molecule has 1 aromatic heterocycles. The standard InChI is InChI=1S/C19H22N2OS/c22-19-17-11-5-4-10-16(17)18(20-13-15-9-6-12-23-15)21(19)14-7-2-1-3-8-14/h4-6,9-12,14,18,20H,1-3,7-8,13H2/t18-/m1/s1. The maximum Gasteiger partial charge on any atom is 0.256 e. The Hall–Kier alpha value is -1.65. The van der Waals surface area contributed by atoms with Crippen LogP contribution in [0.2, 0.25) is 0 Å². The van der Waals surface area contributed by atoms with Crippen LogP contribution in [0.3, 0.4) is 0 Å². The summed E-state index contributed by atoms with van der Waals surface area (Å²) in [5.41, 5.74) is 2.02. The molecule has 1 atom stereocenters. The van der Waals surface area contributed by atoms with E-state index < -0.39 is 0 Å². The highest BCUT2D eigenvalue weighted by molar-refractivity contribution is 7.09. The van der Waals surface area contributed by atoms with Crippen molar-refractivity contribution >= 4 is 17.2 Å². The minimum atomic E-state index is 0.0175. The first-order chi connectivity index (χ1) is 11.3. The lowest BCUT2D eigenvalue weighted by Crippen LogP contribution is -2.44. The summed E-state index contributed by atoms with van der Waals surface area (Å²) in [6.45, 7) is 0.813. The van der Waals surface area contributed by atoms with Gasteiger partial charge in [-0.1, -0.05) is 43.5 Å². The van der Waals surface area contributed by atoms with Gasteiger partial charge in [-0.15, -0.1) is 11.3 Å². The third-order valence-electron chi connectivity index (χ3n) is 5.02. The van der Waals surface area contributed by atoms with Crippen LogP contribution in [0, 0.1) is 0 Å². The molecule has 1 aliphatic heterocycles. The van der Waals surface area contributed by atoms with Crippen molar-refractivity contribution in [2.24, 2.45) is 0 Å². The van der Waals surface area contributed by atoms with Crippen molar-refractivity contribution < 1.29 is 4.79 Å². The Morgan fingerprint density at radius 3 is 2.70 bits per heavy atom. The van der Waals surface area contributed by atoms with E-state index in [2.05, 4.69) is 33.8 Å². The lowest BCUT2D eigenvalue weighted by molar-refractivity contribution is 0.0520. The van der Waals surface area contributed by atoms with Crippen molar-refractivity contribution in [1.29, 1.82) is 0 Å². The molecule has 23 heavy (non-hydrogen) atoms. The Kier molecular flexibility index (Phi) is 4.19. The van der Waals surface area contributed by atoms with Gasteiger partial charge in [0.1, 0.15) is 6.17 Å². The van der Waals surface area contributed by atoms with Gasteiger partial charge >= 0.3 is 0 Å². The minimum Gasteiger partial charge on any atom is -0.316 e. The van der Waals surface area contributed by atoms with Crippen LogP contribution in [-0.4, -0.2) is 16.8 Å². The first-order valence-electron chi connectivity index (χ1n) is 8.52. The molecule has 4 rings (SSSR count). The number of nitrogens with one attached hydrogen (secondary N) is 1. The molecule has 1 amide bonds. The van der Waals surface area contributed by atoms with Crippen molar-refractivity contribution in [3.63, 3.8) is 0 Å². The number of amides is 1. The third kappa shape index (κ3) is 2.81. The summed E-state index contributed by atoms with van der Waals surface area (Å²) in [6, 6.07) is 12.7. The number of hydrogen-bond acceptors (Lipinski definition) is 3. The molecule has 1 N–H and O–H groups in total. The molecule has 0 spiro atoms. The molecular formula is C19H22N2OS. The van der Waals surface area contributed by atoms with E-state index in [4.69, 9.17) is 0 Å². The van der Waals surface area contributed by atoms with E-state index >= 15 is 0 Å². The Morgan fingerprint density at radius 2 is 1.91 bits per heavy atom. The molecular weight excluding hydrogens is 304 g/mol. The number of benzene rings is 1. The number of hydrogen-bond donors (Lipinski definition) is 1. The number of nitrogens with zero attached hydrogens (tertiary/aromatic N) is 1. The molecule has 1 saturated carbocycles. The molecule has 0 unspecified atom stereocenters. The second-order valence-corrected chi connectivity index (χ2v) is 7.49. The van der Waals surface area contributed by atoms with Crippen molar-refractivity contribution in [1.82, 2.24) is 10.2 Å². The van der Waals surface area contributed by atoms with Crippen LogP contribution in [-0.2, 0) is 6.54 Å². The van der Waals surface area contributed by atoms with Crippen molar-refractivity contribution in [3.8, 4) is 0 Å². The topological polar surface area (TPSA) is 32.3 Å². The third-order valence-corrected chi connectivity index (χ3v) is 5.89. The Morgan fingerprint density at radius 1 is 1.09 bits per heavy atom. The van der Waals surface area contributed by atoms with Gasteiger partial charge in [-0.05, 0) is 30.4 Å². The largest absolute Gasteiger partial charge is 0.316 e. The van der Waals surface area contributed by atoms with Gasteiger partial charge in [-0.3, -0.25) is 10.1 Å². The van der Waals surface area contributed by atoms with Crippen LogP contribution >= 0.6 is 11.3 Å². The fourth-order valence-corrected chi connectivity index (χ4v) is 4.55. The fraction of sp³-hybridized carbons (Fsp3) is 0.421. The average molecular weight is 326 g/mol. The quantitative estimate of drug-likeness (QED) is 0.907. The van der Waals surface area contributed by atoms with E-state index in [0.717, 1.165) is 30.5 Å². The molecule has 1 aromatic carbocycles. The molecule has 1 aliphatic carbocycles. The van der Waals surface area contributed by atoms with E-state index in [-0.39, 0.29) is 12.1 Å². The Labute approximate surface area is 141 Å². The molecule has 2 aliphatic rings. The smallest absolute Gasteiger partial charge is 0.256 e. The zero-order valence-electron chi connectivity index (χ0n) is 13.2. The molecule has 120 valence electrons. The average Bonchev–Trinajstić information content (AvgIpc) is 3.21. The maximum absolute atomic E-state index is 13.0. The number of thiophene rings is 1. The molecule has 1 fully saturated rings. The molecule has 0 radical (unpaired) electrons. The van der Waals surface area contributed by atoms with E-state index in [1.165, 1.54) is 24.1 Å². The number of rotatable bonds is 4. The highest BCUT2D eigenvalue weighted by Gasteiger charge is 2.40. The lowest BCUT2D eigenvalue weighted by Gasteiger charge is -2.36. The summed E-state index contributed by atoms with van der Waals surface area (Å²) in [5.74, 6) is 0.205. The minimum absolute atomic E-state index is 0.0175. The molecule has 4 heteroatoms. The SMILES string of the molecule is O=C1c2ccccc2[C@H](NCc2cccs2)N1C1CCCCC1. The van der Waals surface area contributed by atoms with Crippen LogP contribution in [0.25, 0.3) is 0 Å². The van der Waals surface area contributed by atoms with Gasteiger partial charge in [-0.2, -0.15) is 0 Å². The van der Waals surface area contributed by atoms with E-state index in [0.29, 0.717) is 6.04 Å². The van der Waals surface area contributed by atoms with Crippen molar-refractivity contribution in [2.45, 2.75) is 50.9 Å². The first-order valence-corrected chi connectivity index (χ1v) is 9.40. The predicted octanol–water partition coefficient (Wildman–Crippen LogP) is 4.33. The van der Waals surface area contributed by atoms with Crippen LogP contribution in [0.15, 0.2) is 41.8 Å². The maximum atomic E-state index is 13.0. The number of fused-ring (bicyclic) bond motifs is 1. The molecule has 2 heterocycles. The van der Waals surface area contributed by atoms with Gasteiger partial charge < -0.3 is 4.90 Å². The fourth-order valence-electron chi connectivity index (χ4n) is 3.89. The normalized spacial score (nSPS) is 21.7. The van der Waals surface area contributed by atoms with Gasteiger partial charge in [0.05, 0.1) is 0 Å². The second-order valence-electron chi connectivity index (χ2n) is 6.45. The summed E-state index contributed by atoms with van der Waals surface area (Å²) < 4.78 is 0. The van der Waals surface area contributed by atoms with Crippen LogP contribution < -0.4 is 5.32 Å². The van der Waals surface area contributed by atoms with Gasteiger partial charge in [0, 0.05) is 28.6 Å². The lowest BCUT2D eigenvalue weighted by atomic mass is 9.94. The molecule has 2 aromatic rings. The van der Waals surface area contributed by atoms with Crippen molar-refractivity contribution in [3.05, 3.63) is 57.8 Å². The van der Waals surface area contributed by atoms with Gasteiger partial charge in [-0.25, -0.2) is 0 Å². The Bertz CT molecular complexity index is 676. The van der Waals surface area contributed by atoms with Crippen LogP contribution in [0.4, 0.5) is 0 Å². The monoisotopic (exact) mass is 326 g/mol. The van der Waals surface area contributed by atoms with Gasteiger partial charge in [0.2, 0.25) is 0 Å². The molecule has 3 nitrogen and oxygen atoms in total. The highest BCUT2D eigenvalue weighted by atomic mass is 32.1. The predicted molar refractivity (Wildman–Crippen MR) is 93.4 cm³/mol. The summed E-state index contributed by atoms with van der Waals surface area (Å²) >= 11 is 1.76. The molecule has 0 saturated heterocycles.